The first-order chi connectivity index (χ1) is 11.3. The van der Waals surface area contributed by atoms with E-state index < -0.39 is 0 Å². The highest BCUT2D eigenvalue weighted by Gasteiger charge is 2.02. The molecule has 0 amide bonds. The van der Waals surface area contributed by atoms with Crippen molar-refractivity contribution in [1.29, 1.82) is 0 Å². The predicted octanol–water partition coefficient (Wildman–Crippen LogP) is 2.18. The van der Waals surface area contributed by atoms with Gasteiger partial charge in [0.2, 0.25) is 0 Å². The molecule has 0 saturated heterocycles. The zero-order valence-corrected chi connectivity index (χ0v) is 14.9. The summed E-state index contributed by atoms with van der Waals surface area (Å²) < 4.78 is 5.61. The van der Waals surface area contributed by atoms with Gasteiger partial charge in [-0.25, -0.2) is 0 Å². The van der Waals surface area contributed by atoms with Gasteiger partial charge in [-0.1, -0.05) is 51.4 Å². The number of hydrogen-bond acceptors (Lipinski definition) is 5. The lowest BCUT2D eigenvalue weighted by Gasteiger charge is -2.19. The molecule has 5 nitrogen and oxygen atoms in total. The molecule has 0 aliphatic rings. The van der Waals surface area contributed by atoms with E-state index in [1.54, 1.807) is 0 Å². The summed E-state index contributed by atoms with van der Waals surface area (Å²) in [6.45, 7) is 4.05. The van der Waals surface area contributed by atoms with E-state index in [1.165, 1.54) is 51.4 Å². The minimum absolute atomic E-state index is 0.126. The van der Waals surface area contributed by atoms with Crippen molar-refractivity contribution in [2.45, 2.75) is 64.2 Å². The highest BCUT2D eigenvalue weighted by molar-refractivity contribution is 4.55. The summed E-state index contributed by atoms with van der Waals surface area (Å²) in [5.41, 5.74) is 0. The van der Waals surface area contributed by atoms with E-state index in [-0.39, 0.29) is 13.2 Å². The fourth-order valence-electron chi connectivity index (χ4n) is 2.64. The maximum atomic E-state index is 8.90. The summed E-state index contributed by atoms with van der Waals surface area (Å²) in [5, 5.41) is 26.5. The maximum Gasteiger partial charge on any atom is 0.0593 e. The Hall–Kier alpha value is -0.200. The van der Waals surface area contributed by atoms with Gasteiger partial charge in [0, 0.05) is 32.8 Å². The third kappa shape index (κ3) is 18.0. The monoisotopic (exact) mass is 333 g/mol. The van der Waals surface area contributed by atoms with Crippen LogP contribution in [0.3, 0.4) is 0 Å². The Morgan fingerprint density at radius 2 is 0.957 bits per heavy atom. The molecule has 140 valence electrons. The fraction of sp³-hybridized carbons (Fsp3) is 1.00. The van der Waals surface area contributed by atoms with E-state index in [0.29, 0.717) is 26.3 Å². The molecule has 0 aromatic heterocycles. The van der Waals surface area contributed by atoms with Gasteiger partial charge in [0.25, 0.3) is 0 Å². The molecule has 23 heavy (non-hydrogen) atoms. The first kappa shape index (κ1) is 22.8. The quantitative estimate of drug-likeness (QED) is 0.316. The van der Waals surface area contributed by atoms with Gasteiger partial charge in [0.15, 0.2) is 0 Å². The molecule has 0 aliphatic carbocycles. The lowest BCUT2D eigenvalue weighted by atomic mass is 10.1. The Morgan fingerprint density at radius 1 is 0.478 bits per heavy atom. The van der Waals surface area contributed by atoms with Crippen LogP contribution in [0.5, 0.6) is 0 Å². The molecule has 0 unspecified atom stereocenters. The second-order valence-corrected chi connectivity index (χ2v) is 6.16. The molecule has 0 heterocycles. The lowest BCUT2D eigenvalue weighted by Crippen LogP contribution is -2.33. The molecule has 0 radical (unpaired) electrons. The molecule has 0 aliphatic heterocycles. The molecule has 0 atom stereocenters. The second-order valence-electron chi connectivity index (χ2n) is 6.16. The van der Waals surface area contributed by atoms with E-state index in [9.17, 15) is 0 Å². The molecule has 0 spiro atoms. The number of rotatable bonds is 19. The van der Waals surface area contributed by atoms with Crippen molar-refractivity contribution in [3.05, 3.63) is 0 Å². The average Bonchev–Trinajstić information content (AvgIpc) is 2.55. The van der Waals surface area contributed by atoms with Crippen LogP contribution in [0.2, 0.25) is 0 Å². The Bertz CT molecular complexity index is 211. The largest absolute Gasteiger partial charge is 0.396 e. The summed E-state index contributed by atoms with van der Waals surface area (Å²) in [5.74, 6) is 0. The molecule has 0 aromatic rings. The summed E-state index contributed by atoms with van der Waals surface area (Å²) in [6, 6.07) is 0. The number of nitrogens with zero attached hydrogens (tertiary/aromatic N) is 1. The van der Waals surface area contributed by atoms with E-state index in [0.717, 1.165) is 26.0 Å². The molecule has 5 heteroatoms. The van der Waals surface area contributed by atoms with Crippen LogP contribution >= 0.6 is 0 Å². The minimum Gasteiger partial charge on any atom is -0.396 e. The van der Waals surface area contributed by atoms with Crippen molar-refractivity contribution in [2.24, 2.45) is 0 Å². The Morgan fingerprint density at radius 3 is 1.43 bits per heavy atom. The van der Waals surface area contributed by atoms with Gasteiger partial charge in [-0.05, 0) is 12.8 Å². The van der Waals surface area contributed by atoms with Gasteiger partial charge < -0.3 is 20.1 Å². The predicted molar refractivity (Wildman–Crippen MR) is 94.7 cm³/mol. The zero-order valence-electron chi connectivity index (χ0n) is 14.9. The van der Waals surface area contributed by atoms with E-state index >= 15 is 0 Å². The van der Waals surface area contributed by atoms with Crippen molar-refractivity contribution >= 4 is 0 Å². The first-order valence-corrected chi connectivity index (χ1v) is 9.47. The minimum atomic E-state index is 0.126. The number of aliphatic hydroxyl groups excluding tert-OH is 3. The van der Waals surface area contributed by atoms with Gasteiger partial charge in [-0.2, -0.15) is 0 Å². The van der Waals surface area contributed by atoms with Gasteiger partial charge >= 0.3 is 0 Å². The maximum absolute atomic E-state index is 8.90. The average molecular weight is 334 g/mol. The highest BCUT2D eigenvalue weighted by Crippen LogP contribution is 2.10. The fourth-order valence-corrected chi connectivity index (χ4v) is 2.64. The van der Waals surface area contributed by atoms with Crippen LogP contribution in [0, 0.1) is 0 Å². The van der Waals surface area contributed by atoms with Crippen molar-refractivity contribution in [3.8, 4) is 0 Å². The third-order valence-electron chi connectivity index (χ3n) is 4.08. The molecule has 0 bridgehead atoms. The van der Waals surface area contributed by atoms with Crippen LogP contribution < -0.4 is 0 Å². The van der Waals surface area contributed by atoms with Gasteiger partial charge in [-0.15, -0.1) is 0 Å². The smallest absolute Gasteiger partial charge is 0.0593 e. The molecule has 0 aromatic carbocycles. The van der Waals surface area contributed by atoms with Crippen LogP contribution in [0.15, 0.2) is 0 Å². The molecule has 0 rings (SSSR count). The highest BCUT2D eigenvalue weighted by atomic mass is 16.5. The third-order valence-corrected chi connectivity index (χ3v) is 4.08. The SMILES string of the molecule is OCCCCCCCCCCCCOCCN(CCO)CCO. The normalized spacial score (nSPS) is 11.5. The Labute approximate surface area is 142 Å². The number of ether oxygens (including phenoxy) is 1. The Kier molecular flexibility index (Phi) is 19.7. The Balaban J connectivity index is 3.15. The molecule has 3 N–H and O–H groups in total. The van der Waals surface area contributed by atoms with Crippen molar-refractivity contribution in [1.82, 2.24) is 4.90 Å². The van der Waals surface area contributed by atoms with Crippen molar-refractivity contribution < 1.29 is 20.1 Å². The standard InChI is InChI=1S/C18H39NO4/c20-14-9-7-5-3-1-2-4-6-8-10-17-23-18-13-19(11-15-21)12-16-22/h20-22H,1-18H2. The number of aliphatic hydroxyl groups is 3. The van der Waals surface area contributed by atoms with E-state index in [2.05, 4.69) is 0 Å². The molecular formula is C18H39NO4. The van der Waals surface area contributed by atoms with Crippen LogP contribution in [0.25, 0.3) is 0 Å². The van der Waals surface area contributed by atoms with E-state index in [4.69, 9.17) is 20.1 Å². The van der Waals surface area contributed by atoms with E-state index in [1.807, 2.05) is 4.90 Å². The summed E-state index contributed by atoms with van der Waals surface area (Å²) in [4.78, 5) is 2.01. The lowest BCUT2D eigenvalue weighted by molar-refractivity contribution is 0.0849. The first-order valence-electron chi connectivity index (χ1n) is 9.47. The van der Waals surface area contributed by atoms with Crippen LogP contribution in [0.1, 0.15) is 64.2 Å². The van der Waals surface area contributed by atoms with Crippen LogP contribution in [-0.4, -0.2) is 72.9 Å². The van der Waals surface area contributed by atoms with Crippen LogP contribution in [-0.2, 0) is 4.74 Å². The van der Waals surface area contributed by atoms with Gasteiger partial charge in [0.05, 0.1) is 19.8 Å². The molecule has 0 fully saturated rings. The summed E-state index contributed by atoms with van der Waals surface area (Å²) in [7, 11) is 0. The van der Waals surface area contributed by atoms with Crippen molar-refractivity contribution in [3.63, 3.8) is 0 Å². The van der Waals surface area contributed by atoms with Crippen LogP contribution in [0.4, 0.5) is 0 Å². The number of unbranched alkanes of at least 4 members (excludes halogenated alkanes) is 9. The summed E-state index contributed by atoms with van der Waals surface area (Å²) in [6.07, 6.45) is 12.3. The number of hydrogen-bond donors (Lipinski definition) is 3. The summed E-state index contributed by atoms with van der Waals surface area (Å²) >= 11 is 0. The second kappa shape index (κ2) is 19.8. The van der Waals surface area contributed by atoms with Gasteiger partial charge in [-0.3, -0.25) is 4.90 Å². The van der Waals surface area contributed by atoms with Gasteiger partial charge in [0.1, 0.15) is 0 Å². The molecular weight excluding hydrogens is 294 g/mol. The molecule has 0 saturated carbocycles. The zero-order chi connectivity index (χ0) is 17.0. The topological polar surface area (TPSA) is 73.2 Å². The van der Waals surface area contributed by atoms with Crippen molar-refractivity contribution in [2.75, 3.05) is 52.7 Å².